The van der Waals surface area contributed by atoms with E-state index in [-0.39, 0.29) is 5.41 Å². The zero-order chi connectivity index (χ0) is 20.2. The van der Waals surface area contributed by atoms with Gasteiger partial charge in [-0.25, -0.2) is 15.0 Å². The van der Waals surface area contributed by atoms with Gasteiger partial charge in [-0.15, -0.1) is 0 Å². The largest absolute Gasteiger partial charge is 0.380 e. The maximum atomic E-state index is 6.04. The van der Waals surface area contributed by atoms with Crippen LogP contribution in [0.25, 0.3) is 11.2 Å². The Labute approximate surface area is 175 Å². The van der Waals surface area contributed by atoms with Gasteiger partial charge >= 0.3 is 0 Å². The van der Waals surface area contributed by atoms with Crippen molar-refractivity contribution in [1.29, 1.82) is 0 Å². The van der Waals surface area contributed by atoms with Gasteiger partial charge in [-0.2, -0.15) is 0 Å². The van der Waals surface area contributed by atoms with E-state index in [1.165, 1.54) is 0 Å². The molecule has 0 unspecified atom stereocenters. The third-order valence-corrected chi connectivity index (χ3v) is 6.19. The molecule has 2 saturated heterocycles. The summed E-state index contributed by atoms with van der Waals surface area (Å²) in [7, 11) is 0. The second-order valence-corrected chi connectivity index (χ2v) is 9.89. The molecule has 2 aliphatic heterocycles. The number of benzene rings is 1. The number of ether oxygens (including phenoxy) is 1. The molecule has 7 heteroatoms. The lowest BCUT2D eigenvalue weighted by atomic mass is 9.85. The summed E-state index contributed by atoms with van der Waals surface area (Å²) >= 11 is 6.04. The van der Waals surface area contributed by atoms with Crippen LogP contribution in [0, 0.1) is 5.41 Å². The normalized spacial score (nSPS) is 18.6. The van der Waals surface area contributed by atoms with Gasteiger partial charge in [0.25, 0.3) is 0 Å². The summed E-state index contributed by atoms with van der Waals surface area (Å²) in [6, 6.07) is 7.92. The molecule has 1 aromatic carbocycles. The summed E-state index contributed by atoms with van der Waals surface area (Å²) in [5, 5.41) is 0.742. The predicted octanol–water partition coefficient (Wildman–Crippen LogP) is 4.05. The van der Waals surface area contributed by atoms with Gasteiger partial charge in [-0.1, -0.05) is 44.5 Å². The Kier molecular flexibility index (Phi) is 4.33. The van der Waals surface area contributed by atoms with Crippen LogP contribution in [0.3, 0.4) is 0 Å². The molecule has 4 heterocycles. The minimum Gasteiger partial charge on any atom is -0.380 e. The van der Waals surface area contributed by atoms with Gasteiger partial charge in [-0.3, -0.25) is 0 Å². The third-order valence-electron chi connectivity index (χ3n) is 5.94. The lowest BCUT2D eigenvalue weighted by Gasteiger charge is -2.37. The van der Waals surface area contributed by atoms with Crippen LogP contribution in [0.5, 0.6) is 0 Å². The Hall–Kier alpha value is -2.18. The van der Waals surface area contributed by atoms with Crippen LogP contribution in [0.1, 0.15) is 38.6 Å². The summed E-state index contributed by atoms with van der Waals surface area (Å²) in [6.45, 7) is 10.8. The lowest BCUT2D eigenvalue weighted by Crippen LogP contribution is -2.44. The molecule has 0 atom stereocenters. The van der Waals surface area contributed by atoms with Crippen molar-refractivity contribution in [3.05, 3.63) is 47.0 Å². The molecule has 2 aliphatic rings. The highest BCUT2D eigenvalue weighted by Gasteiger charge is 2.45. The summed E-state index contributed by atoms with van der Waals surface area (Å²) in [5.41, 5.74) is 3.09. The molecule has 2 aromatic heterocycles. The smallest absolute Gasteiger partial charge is 0.166 e. The Morgan fingerprint density at radius 3 is 2.52 bits per heavy atom. The van der Waals surface area contributed by atoms with Crippen LogP contribution < -0.4 is 4.90 Å². The quantitative estimate of drug-likeness (QED) is 0.650. The van der Waals surface area contributed by atoms with Crippen molar-refractivity contribution >= 4 is 28.6 Å². The van der Waals surface area contributed by atoms with Gasteiger partial charge in [0.05, 0.1) is 26.1 Å². The van der Waals surface area contributed by atoms with Gasteiger partial charge in [0.2, 0.25) is 0 Å². The molecule has 2 fully saturated rings. The highest BCUT2D eigenvalue weighted by molar-refractivity contribution is 6.30. The van der Waals surface area contributed by atoms with Crippen molar-refractivity contribution in [1.82, 2.24) is 19.5 Å². The lowest BCUT2D eigenvalue weighted by molar-refractivity contribution is -0.0985. The van der Waals surface area contributed by atoms with Crippen molar-refractivity contribution < 1.29 is 4.74 Å². The summed E-state index contributed by atoms with van der Waals surface area (Å²) < 4.78 is 7.61. The fourth-order valence-corrected chi connectivity index (χ4v) is 4.26. The van der Waals surface area contributed by atoms with Gasteiger partial charge < -0.3 is 14.2 Å². The van der Waals surface area contributed by atoms with Crippen molar-refractivity contribution in [2.24, 2.45) is 5.41 Å². The average molecular weight is 412 g/mol. The topological polar surface area (TPSA) is 56.1 Å². The fourth-order valence-electron chi connectivity index (χ4n) is 4.13. The number of anilines is 1. The minimum absolute atomic E-state index is 0.144. The van der Waals surface area contributed by atoms with Gasteiger partial charge in [0.1, 0.15) is 5.82 Å². The Bertz CT molecular complexity index is 1050. The van der Waals surface area contributed by atoms with E-state index >= 15 is 0 Å². The Morgan fingerprint density at radius 1 is 1.14 bits per heavy atom. The number of imidazole rings is 1. The van der Waals surface area contributed by atoms with Gasteiger partial charge in [0, 0.05) is 28.9 Å². The van der Waals surface area contributed by atoms with Crippen LogP contribution in [-0.4, -0.2) is 45.8 Å². The van der Waals surface area contributed by atoms with Crippen molar-refractivity contribution in [3.63, 3.8) is 0 Å². The number of aromatic nitrogens is 4. The van der Waals surface area contributed by atoms with E-state index in [1.54, 1.807) is 0 Å². The first-order valence-corrected chi connectivity index (χ1v) is 10.5. The SMILES string of the molecule is CC(C)(C)c1nc(N2CCC3(COC3)C2)c2ncn(Cc3ccc(Cl)cc3)c2n1. The molecule has 0 amide bonds. The fraction of sp³-hybridized carbons (Fsp3) is 0.500. The molecule has 6 nitrogen and oxygen atoms in total. The second-order valence-electron chi connectivity index (χ2n) is 9.46. The highest BCUT2D eigenvalue weighted by atomic mass is 35.5. The van der Waals surface area contributed by atoms with E-state index in [9.17, 15) is 0 Å². The molecule has 0 radical (unpaired) electrons. The van der Waals surface area contributed by atoms with Crippen LogP contribution in [0.4, 0.5) is 5.82 Å². The van der Waals surface area contributed by atoms with Crippen molar-refractivity contribution in [2.75, 3.05) is 31.2 Å². The van der Waals surface area contributed by atoms with E-state index in [0.717, 1.165) is 66.1 Å². The monoisotopic (exact) mass is 411 g/mol. The van der Waals surface area contributed by atoms with E-state index in [4.69, 9.17) is 31.3 Å². The maximum absolute atomic E-state index is 6.04. The first-order valence-electron chi connectivity index (χ1n) is 10.1. The number of nitrogens with zero attached hydrogens (tertiary/aromatic N) is 5. The molecule has 0 saturated carbocycles. The molecule has 5 rings (SSSR count). The molecular formula is C22H26ClN5O. The second kappa shape index (κ2) is 6.67. The number of hydrogen-bond donors (Lipinski definition) is 0. The molecule has 0 N–H and O–H groups in total. The third kappa shape index (κ3) is 3.38. The molecule has 0 bridgehead atoms. The number of halogens is 1. The summed E-state index contributed by atoms with van der Waals surface area (Å²) in [4.78, 5) is 17.0. The summed E-state index contributed by atoms with van der Waals surface area (Å²) in [6.07, 6.45) is 3.02. The minimum atomic E-state index is -0.144. The summed E-state index contributed by atoms with van der Waals surface area (Å²) in [5.74, 6) is 1.81. The highest BCUT2D eigenvalue weighted by Crippen LogP contribution is 2.40. The van der Waals surface area contributed by atoms with Crippen LogP contribution in [-0.2, 0) is 16.7 Å². The molecule has 29 heavy (non-hydrogen) atoms. The zero-order valence-corrected chi connectivity index (χ0v) is 17.9. The van der Waals surface area contributed by atoms with E-state index in [2.05, 4.69) is 30.2 Å². The van der Waals surface area contributed by atoms with Crippen molar-refractivity contribution in [2.45, 2.75) is 39.2 Å². The van der Waals surface area contributed by atoms with Crippen LogP contribution in [0.15, 0.2) is 30.6 Å². The van der Waals surface area contributed by atoms with Gasteiger partial charge in [0.15, 0.2) is 17.0 Å². The standard InChI is InChI=1S/C22H26ClN5O/c1-21(2,3)20-25-18(27-9-8-22(11-27)12-29-13-22)17-19(26-20)28(14-24-17)10-15-4-6-16(23)7-5-15/h4-7,14H,8-13H2,1-3H3. The van der Waals surface area contributed by atoms with E-state index in [0.29, 0.717) is 12.0 Å². The van der Waals surface area contributed by atoms with Gasteiger partial charge in [-0.05, 0) is 24.1 Å². The molecule has 0 aliphatic carbocycles. The predicted molar refractivity (Wildman–Crippen MR) is 115 cm³/mol. The van der Waals surface area contributed by atoms with E-state index < -0.39 is 0 Å². The van der Waals surface area contributed by atoms with Crippen molar-refractivity contribution in [3.8, 4) is 0 Å². The average Bonchev–Trinajstić information content (AvgIpc) is 3.27. The Balaban J connectivity index is 1.57. The molecule has 3 aromatic rings. The van der Waals surface area contributed by atoms with Crippen LogP contribution >= 0.6 is 11.6 Å². The Morgan fingerprint density at radius 2 is 1.90 bits per heavy atom. The molecule has 1 spiro atoms. The number of rotatable bonds is 3. The molecular weight excluding hydrogens is 386 g/mol. The first-order chi connectivity index (χ1) is 13.8. The van der Waals surface area contributed by atoms with Crippen LogP contribution in [0.2, 0.25) is 5.02 Å². The van der Waals surface area contributed by atoms with E-state index in [1.807, 2.05) is 30.6 Å². The number of hydrogen-bond acceptors (Lipinski definition) is 5. The molecule has 152 valence electrons. The zero-order valence-electron chi connectivity index (χ0n) is 17.2. The first kappa shape index (κ1) is 18.8. The number of fused-ring (bicyclic) bond motifs is 1. The maximum Gasteiger partial charge on any atom is 0.166 e.